The van der Waals surface area contributed by atoms with Crippen LogP contribution in [0.2, 0.25) is 0 Å². The summed E-state index contributed by atoms with van der Waals surface area (Å²) in [6.07, 6.45) is 0. The molecule has 0 unspecified atom stereocenters. The van der Waals surface area contributed by atoms with Gasteiger partial charge in [0.15, 0.2) is 5.96 Å². The molecular formula is C24H34N4O. The Labute approximate surface area is 175 Å². The van der Waals surface area contributed by atoms with E-state index in [4.69, 9.17) is 0 Å². The molecule has 0 bridgehead atoms. The number of rotatable bonds is 8. The zero-order valence-corrected chi connectivity index (χ0v) is 18.4. The van der Waals surface area contributed by atoms with Crippen molar-refractivity contribution in [3.8, 4) is 0 Å². The number of nitrogens with zero attached hydrogens (tertiary/aromatic N) is 2. The molecule has 0 spiro atoms. The van der Waals surface area contributed by atoms with Gasteiger partial charge in [-0.05, 0) is 63.4 Å². The van der Waals surface area contributed by atoms with E-state index in [9.17, 15) is 4.79 Å². The zero-order chi connectivity index (χ0) is 21.2. The van der Waals surface area contributed by atoms with Crippen molar-refractivity contribution in [1.82, 2.24) is 15.5 Å². The summed E-state index contributed by atoms with van der Waals surface area (Å²) in [6.45, 7) is 13.8. The van der Waals surface area contributed by atoms with Gasteiger partial charge in [-0.15, -0.1) is 0 Å². The van der Waals surface area contributed by atoms with Gasteiger partial charge in [-0.25, -0.2) is 4.99 Å². The second-order valence-electron chi connectivity index (χ2n) is 7.15. The number of guanidine groups is 1. The molecule has 2 aromatic carbocycles. The molecule has 0 fully saturated rings. The fourth-order valence-electron chi connectivity index (χ4n) is 3.18. The van der Waals surface area contributed by atoms with E-state index >= 15 is 0 Å². The van der Waals surface area contributed by atoms with Gasteiger partial charge in [0.1, 0.15) is 0 Å². The lowest BCUT2D eigenvalue weighted by Crippen LogP contribution is -2.36. The third-order valence-electron chi connectivity index (χ3n) is 4.96. The lowest BCUT2D eigenvalue weighted by Gasteiger charge is -2.18. The van der Waals surface area contributed by atoms with Crippen LogP contribution in [0.3, 0.4) is 0 Å². The second-order valence-corrected chi connectivity index (χ2v) is 7.15. The van der Waals surface area contributed by atoms with Crippen LogP contribution in [0.5, 0.6) is 0 Å². The molecule has 156 valence electrons. The number of aliphatic imine (C=N–C) groups is 1. The molecule has 5 heteroatoms. The monoisotopic (exact) mass is 394 g/mol. The minimum atomic E-state index is 0.0773. The van der Waals surface area contributed by atoms with Gasteiger partial charge in [-0.1, -0.05) is 35.9 Å². The average molecular weight is 395 g/mol. The summed E-state index contributed by atoms with van der Waals surface area (Å²) in [6, 6.07) is 14.2. The van der Waals surface area contributed by atoms with Gasteiger partial charge in [-0.2, -0.15) is 0 Å². The molecule has 0 atom stereocenters. The Morgan fingerprint density at radius 1 is 0.966 bits per heavy atom. The van der Waals surface area contributed by atoms with Crippen molar-refractivity contribution < 1.29 is 4.79 Å². The van der Waals surface area contributed by atoms with Gasteiger partial charge in [0.2, 0.25) is 0 Å². The third-order valence-corrected chi connectivity index (χ3v) is 4.96. The van der Waals surface area contributed by atoms with Crippen molar-refractivity contribution in [2.24, 2.45) is 4.99 Å². The van der Waals surface area contributed by atoms with E-state index in [-0.39, 0.29) is 5.91 Å². The van der Waals surface area contributed by atoms with Gasteiger partial charge < -0.3 is 15.5 Å². The summed E-state index contributed by atoms with van der Waals surface area (Å²) in [5.74, 6) is 0.865. The highest BCUT2D eigenvalue weighted by atomic mass is 16.2. The molecular weight excluding hydrogens is 360 g/mol. The SMILES string of the molecule is CCNC(=NCc1ccc(C(=O)N(CC)CC)cc1)NCc1ccc(C)cc1C. The predicted molar refractivity (Wildman–Crippen MR) is 121 cm³/mol. The Morgan fingerprint density at radius 3 is 2.24 bits per heavy atom. The standard InChI is InChI=1S/C24H34N4O/c1-6-25-24(27-17-22-12-9-18(4)15-19(22)5)26-16-20-10-13-21(14-11-20)23(29)28(7-2)8-3/h9-15H,6-8,16-17H2,1-5H3,(H2,25,26,27). The summed E-state index contributed by atoms with van der Waals surface area (Å²) >= 11 is 0. The summed E-state index contributed by atoms with van der Waals surface area (Å²) in [4.78, 5) is 18.9. The maximum absolute atomic E-state index is 12.4. The van der Waals surface area contributed by atoms with Gasteiger partial charge in [-0.3, -0.25) is 4.79 Å². The molecule has 0 aliphatic carbocycles. The van der Waals surface area contributed by atoms with E-state index in [1.807, 2.05) is 43.0 Å². The second kappa shape index (κ2) is 11.2. The first-order valence-corrected chi connectivity index (χ1v) is 10.4. The predicted octanol–water partition coefficient (Wildman–Crippen LogP) is 4.04. The van der Waals surface area contributed by atoms with Crippen LogP contribution < -0.4 is 10.6 Å². The number of benzene rings is 2. The molecule has 2 aromatic rings. The third kappa shape index (κ3) is 6.63. The van der Waals surface area contributed by atoms with Crippen LogP contribution in [0, 0.1) is 13.8 Å². The van der Waals surface area contributed by atoms with Crippen molar-refractivity contribution in [2.75, 3.05) is 19.6 Å². The maximum Gasteiger partial charge on any atom is 0.253 e. The number of carbonyl (C=O) groups is 1. The Morgan fingerprint density at radius 2 is 1.66 bits per heavy atom. The van der Waals surface area contributed by atoms with Crippen molar-refractivity contribution in [3.63, 3.8) is 0 Å². The molecule has 0 radical (unpaired) electrons. The molecule has 1 amide bonds. The number of hydrogen-bond acceptors (Lipinski definition) is 2. The van der Waals surface area contributed by atoms with E-state index in [2.05, 4.69) is 54.6 Å². The quantitative estimate of drug-likeness (QED) is 0.525. The van der Waals surface area contributed by atoms with E-state index in [1.54, 1.807) is 0 Å². The fourth-order valence-corrected chi connectivity index (χ4v) is 3.18. The maximum atomic E-state index is 12.4. The summed E-state index contributed by atoms with van der Waals surface area (Å²) in [5.41, 5.74) is 5.61. The minimum Gasteiger partial charge on any atom is -0.357 e. The van der Waals surface area contributed by atoms with Crippen molar-refractivity contribution in [1.29, 1.82) is 0 Å². The molecule has 0 aliphatic heterocycles. The minimum absolute atomic E-state index is 0.0773. The number of hydrogen-bond donors (Lipinski definition) is 2. The first-order chi connectivity index (χ1) is 14.0. The summed E-state index contributed by atoms with van der Waals surface area (Å²) < 4.78 is 0. The van der Waals surface area contributed by atoms with Crippen molar-refractivity contribution in [3.05, 3.63) is 70.3 Å². The van der Waals surface area contributed by atoms with Crippen LogP contribution in [0.15, 0.2) is 47.5 Å². The lowest BCUT2D eigenvalue weighted by atomic mass is 10.1. The van der Waals surface area contributed by atoms with Crippen molar-refractivity contribution in [2.45, 2.75) is 47.7 Å². The molecule has 0 heterocycles. The van der Waals surface area contributed by atoms with Crippen LogP contribution in [0.25, 0.3) is 0 Å². The van der Waals surface area contributed by atoms with Crippen molar-refractivity contribution >= 4 is 11.9 Å². The molecule has 29 heavy (non-hydrogen) atoms. The Kier molecular flexibility index (Phi) is 8.71. The van der Waals surface area contributed by atoms with Crippen LogP contribution in [-0.2, 0) is 13.1 Å². The van der Waals surface area contributed by atoms with Gasteiger partial charge >= 0.3 is 0 Å². The average Bonchev–Trinajstić information content (AvgIpc) is 2.72. The smallest absolute Gasteiger partial charge is 0.253 e. The molecule has 0 aliphatic rings. The van der Waals surface area contributed by atoms with Gasteiger partial charge in [0.25, 0.3) is 5.91 Å². The normalized spacial score (nSPS) is 11.3. The summed E-state index contributed by atoms with van der Waals surface area (Å²) in [5, 5.41) is 6.70. The highest BCUT2D eigenvalue weighted by molar-refractivity contribution is 5.94. The first-order valence-electron chi connectivity index (χ1n) is 10.4. The first kappa shape index (κ1) is 22.5. The van der Waals surface area contributed by atoms with Gasteiger partial charge in [0.05, 0.1) is 6.54 Å². The molecule has 0 saturated heterocycles. The van der Waals surface area contributed by atoms with E-state index in [0.717, 1.165) is 43.3 Å². The number of carbonyl (C=O) groups excluding carboxylic acids is 1. The largest absolute Gasteiger partial charge is 0.357 e. The topological polar surface area (TPSA) is 56.7 Å². The van der Waals surface area contributed by atoms with E-state index in [1.165, 1.54) is 16.7 Å². The lowest BCUT2D eigenvalue weighted by molar-refractivity contribution is 0.0773. The van der Waals surface area contributed by atoms with Gasteiger partial charge in [0, 0.05) is 31.7 Å². The van der Waals surface area contributed by atoms with Crippen LogP contribution >= 0.6 is 0 Å². The molecule has 0 aromatic heterocycles. The summed E-state index contributed by atoms with van der Waals surface area (Å²) in [7, 11) is 0. The van der Waals surface area contributed by atoms with Crippen LogP contribution in [0.4, 0.5) is 0 Å². The van der Waals surface area contributed by atoms with E-state index < -0.39 is 0 Å². The Bertz CT molecular complexity index is 823. The van der Waals surface area contributed by atoms with Crippen LogP contribution in [0.1, 0.15) is 53.4 Å². The fraction of sp³-hybridized carbons (Fsp3) is 0.417. The highest BCUT2D eigenvalue weighted by Crippen LogP contribution is 2.11. The Balaban J connectivity index is 2.01. The number of aryl methyl sites for hydroxylation is 2. The molecule has 2 N–H and O–H groups in total. The molecule has 5 nitrogen and oxygen atoms in total. The van der Waals surface area contributed by atoms with Crippen LogP contribution in [-0.4, -0.2) is 36.4 Å². The zero-order valence-electron chi connectivity index (χ0n) is 18.4. The highest BCUT2D eigenvalue weighted by Gasteiger charge is 2.11. The Hall–Kier alpha value is -2.82. The van der Waals surface area contributed by atoms with E-state index in [0.29, 0.717) is 6.54 Å². The molecule has 2 rings (SSSR count). The number of amides is 1. The molecule has 0 saturated carbocycles. The number of nitrogens with one attached hydrogen (secondary N) is 2.